The maximum absolute atomic E-state index is 13.1. The number of hydrogen-bond acceptors (Lipinski definition) is 4. The Labute approximate surface area is 175 Å². The van der Waals surface area contributed by atoms with Crippen LogP contribution in [0.4, 0.5) is 0 Å². The minimum Gasteiger partial charge on any atom is -0.454 e. The molecule has 7 heteroatoms. The molecule has 3 rings (SSSR count). The molecule has 2 aromatic carbocycles. The van der Waals surface area contributed by atoms with E-state index in [0.717, 1.165) is 16.9 Å². The summed E-state index contributed by atoms with van der Waals surface area (Å²) >= 11 is 5.97. The van der Waals surface area contributed by atoms with Crippen molar-refractivity contribution in [1.29, 1.82) is 0 Å². The number of aryl methyl sites for hydroxylation is 1. The Bertz CT molecular complexity index is 870. The minimum atomic E-state index is -0.528. The van der Waals surface area contributed by atoms with Crippen LogP contribution in [0.5, 0.6) is 11.5 Å². The molecule has 0 saturated heterocycles. The molecule has 0 saturated carbocycles. The topological polar surface area (TPSA) is 67.9 Å². The highest BCUT2D eigenvalue weighted by Crippen LogP contribution is 2.32. The van der Waals surface area contributed by atoms with Gasteiger partial charge in [-0.3, -0.25) is 9.59 Å². The fourth-order valence-electron chi connectivity index (χ4n) is 3.36. The quantitative estimate of drug-likeness (QED) is 0.714. The van der Waals surface area contributed by atoms with Crippen LogP contribution < -0.4 is 14.8 Å². The number of nitrogens with zero attached hydrogens (tertiary/aromatic N) is 1. The molecule has 0 fully saturated rings. The van der Waals surface area contributed by atoms with Gasteiger partial charge in [-0.05, 0) is 48.2 Å². The standard InChI is InChI=1S/C22H25ClN2O4/c1-3-18(22(27)24-2)25(13-16-4-8-17(23)9-5-16)21(26)11-7-15-6-10-19-20(12-15)29-14-28-19/h4-6,8-10,12,18H,3,7,11,13-14H2,1-2H3,(H,24,27)/t18-/m0/s1. The molecule has 1 atom stereocenters. The lowest BCUT2D eigenvalue weighted by Gasteiger charge is -2.30. The van der Waals surface area contributed by atoms with Gasteiger partial charge in [0.2, 0.25) is 18.6 Å². The highest BCUT2D eigenvalue weighted by molar-refractivity contribution is 6.30. The Balaban J connectivity index is 1.73. The Morgan fingerprint density at radius 2 is 1.79 bits per heavy atom. The first-order chi connectivity index (χ1) is 14.0. The first kappa shape index (κ1) is 21.0. The van der Waals surface area contributed by atoms with Crippen LogP contribution in [0.1, 0.15) is 30.9 Å². The first-order valence-electron chi connectivity index (χ1n) is 9.65. The maximum Gasteiger partial charge on any atom is 0.242 e. The van der Waals surface area contributed by atoms with E-state index < -0.39 is 6.04 Å². The molecule has 6 nitrogen and oxygen atoms in total. The summed E-state index contributed by atoms with van der Waals surface area (Å²) in [5, 5.41) is 3.30. The fourth-order valence-corrected chi connectivity index (χ4v) is 3.49. The summed E-state index contributed by atoms with van der Waals surface area (Å²) in [6.07, 6.45) is 1.38. The zero-order chi connectivity index (χ0) is 20.8. The molecule has 1 heterocycles. The van der Waals surface area contributed by atoms with Crippen LogP contribution in [0.25, 0.3) is 0 Å². The van der Waals surface area contributed by atoms with E-state index in [1.54, 1.807) is 24.1 Å². The second kappa shape index (κ2) is 9.65. The predicted octanol–water partition coefficient (Wildman–Crippen LogP) is 3.55. The summed E-state index contributed by atoms with van der Waals surface area (Å²) in [7, 11) is 1.59. The summed E-state index contributed by atoms with van der Waals surface area (Å²) in [5.74, 6) is 1.17. The van der Waals surface area contributed by atoms with Crippen molar-refractivity contribution in [3.8, 4) is 11.5 Å². The van der Waals surface area contributed by atoms with E-state index >= 15 is 0 Å². The fraction of sp³-hybridized carbons (Fsp3) is 0.364. The molecule has 2 amide bonds. The number of carbonyl (C=O) groups excluding carboxylic acids is 2. The van der Waals surface area contributed by atoms with Gasteiger partial charge in [-0.25, -0.2) is 0 Å². The molecule has 0 aromatic heterocycles. The van der Waals surface area contributed by atoms with E-state index in [-0.39, 0.29) is 18.6 Å². The van der Waals surface area contributed by atoms with Crippen molar-refractivity contribution in [2.24, 2.45) is 0 Å². The van der Waals surface area contributed by atoms with Crippen molar-refractivity contribution >= 4 is 23.4 Å². The molecule has 0 bridgehead atoms. The molecule has 154 valence electrons. The molecule has 1 aliphatic heterocycles. The molecule has 1 aliphatic rings. The van der Waals surface area contributed by atoms with E-state index in [2.05, 4.69) is 5.32 Å². The van der Waals surface area contributed by atoms with Crippen LogP contribution in [0.3, 0.4) is 0 Å². The average Bonchev–Trinajstić information content (AvgIpc) is 3.21. The summed E-state index contributed by atoms with van der Waals surface area (Å²) in [6, 6.07) is 12.5. The number of halogens is 1. The summed E-state index contributed by atoms with van der Waals surface area (Å²) in [5.41, 5.74) is 1.91. The van der Waals surface area contributed by atoms with Crippen LogP contribution in [-0.4, -0.2) is 36.6 Å². The highest BCUT2D eigenvalue weighted by atomic mass is 35.5. The van der Waals surface area contributed by atoms with Crippen LogP contribution in [-0.2, 0) is 22.6 Å². The molecule has 0 spiro atoms. The highest BCUT2D eigenvalue weighted by Gasteiger charge is 2.27. The smallest absolute Gasteiger partial charge is 0.242 e. The second-order valence-electron chi connectivity index (χ2n) is 6.87. The number of rotatable bonds is 8. The van der Waals surface area contributed by atoms with Crippen molar-refractivity contribution < 1.29 is 19.1 Å². The van der Waals surface area contributed by atoms with E-state index in [1.165, 1.54) is 0 Å². The van der Waals surface area contributed by atoms with Gasteiger partial charge in [-0.15, -0.1) is 0 Å². The average molecular weight is 417 g/mol. The van der Waals surface area contributed by atoms with Crippen molar-refractivity contribution in [3.05, 3.63) is 58.6 Å². The number of amides is 2. The zero-order valence-electron chi connectivity index (χ0n) is 16.6. The summed E-state index contributed by atoms with van der Waals surface area (Å²) < 4.78 is 10.7. The largest absolute Gasteiger partial charge is 0.454 e. The molecule has 1 N–H and O–H groups in total. The molecule has 0 unspecified atom stereocenters. The van der Waals surface area contributed by atoms with Gasteiger partial charge >= 0.3 is 0 Å². The Morgan fingerprint density at radius 3 is 2.48 bits per heavy atom. The van der Waals surface area contributed by atoms with E-state index in [9.17, 15) is 9.59 Å². The van der Waals surface area contributed by atoms with Gasteiger partial charge < -0.3 is 19.7 Å². The number of fused-ring (bicyclic) bond motifs is 1. The second-order valence-corrected chi connectivity index (χ2v) is 7.31. The summed E-state index contributed by atoms with van der Waals surface area (Å²) in [4.78, 5) is 27.1. The molecular weight excluding hydrogens is 392 g/mol. The molecule has 0 radical (unpaired) electrons. The maximum atomic E-state index is 13.1. The Kier molecular flexibility index (Phi) is 6.99. The predicted molar refractivity (Wildman–Crippen MR) is 111 cm³/mol. The lowest BCUT2D eigenvalue weighted by Crippen LogP contribution is -2.48. The van der Waals surface area contributed by atoms with E-state index in [1.807, 2.05) is 37.3 Å². The minimum absolute atomic E-state index is 0.0759. The number of carbonyl (C=O) groups is 2. The third-order valence-electron chi connectivity index (χ3n) is 4.96. The van der Waals surface area contributed by atoms with Gasteiger partial charge in [-0.1, -0.05) is 36.7 Å². The van der Waals surface area contributed by atoms with Gasteiger partial charge in [-0.2, -0.15) is 0 Å². The van der Waals surface area contributed by atoms with E-state index in [4.69, 9.17) is 21.1 Å². The number of nitrogens with one attached hydrogen (secondary N) is 1. The third kappa shape index (κ3) is 5.21. The molecule has 0 aliphatic carbocycles. The van der Waals surface area contributed by atoms with Gasteiger partial charge in [0.15, 0.2) is 11.5 Å². The Hall–Kier alpha value is -2.73. The number of benzene rings is 2. The lowest BCUT2D eigenvalue weighted by molar-refractivity contribution is -0.141. The van der Waals surface area contributed by atoms with Crippen LogP contribution in [0.2, 0.25) is 5.02 Å². The van der Waals surface area contributed by atoms with Crippen molar-refractivity contribution in [1.82, 2.24) is 10.2 Å². The van der Waals surface area contributed by atoms with Gasteiger partial charge in [0.05, 0.1) is 0 Å². The lowest BCUT2D eigenvalue weighted by atomic mass is 10.1. The SMILES string of the molecule is CC[C@@H](C(=O)NC)N(Cc1ccc(Cl)cc1)C(=O)CCc1ccc2c(c1)OCO2. The van der Waals surface area contributed by atoms with Crippen molar-refractivity contribution in [2.75, 3.05) is 13.8 Å². The molecule has 29 heavy (non-hydrogen) atoms. The molecular formula is C22H25ClN2O4. The monoisotopic (exact) mass is 416 g/mol. The first-order valence-corrected chi connectivity index (χ1v) is 10.0. The van der Waals surface area contributed by atoms with Crippen LogP contribution in [0.15, 0.2) is 42.5 Å². The number of ether oxygens (including phenoxy) is 2. The normalized spacial score (nSPS) is 13.1. The number of hydrogen-bond donors (Lipinski definition) is 1. The van der Waals surface area contributed by atoms with E-state index in [0.29, 0.717) is 36.6 Å². The summed E-state index contributed by atoms with van der Waals surface area (Å²) in [6.45, 7) is 2.47. The van der Waals surface area contributed by atoms with Gasteiger partial charge in [0.25, 0.3) is 0 Å². The van der Waals surface area contributed by atoms with Crippen LogP contribution in [0, 0.1) is 0 Å². The third-order valence-corrected chi connectivity index (χ3v) is 5.21. The Morgan fingerprint density at radius 1 is 1.10 bits per heavy atom. The number of likely N-dealkylation sites (N-methyl/N-ethyl adjacent to an activating group) is 1. The van der Waals surface area contributed by atoms with Crippen LogP contribution >= 0.6 is 11.6 Å². The molecule has 2 aromatic rings. The van der Waals surface area contributed by atoms with Crippen molar-refractivity contribution in [2.45, 2.75) is 38.8 Å². The zero-order valence-corrected chi connectivity index (χ0v) is 17.4. The van der Waals surface area contributed by atoms with Gasteiger partial charge in [0.1, 0.15) is 6.04 Å². The van der Waals surface area contributed by atoms with Gasteiger partial charge in [0, 0.05) is 25.0 Å². The van der Waals surface area contributed by atoms with Crippen molar-refractivity contribution in [3.63, 3.8) is 0 Å².